The Morgan fingerprint density at radius 2 is 1.92 bits per heavy atom. The molecule has 0 spiro atoms. The van der Waals surface area contributed by atoms with Crippen molar-refractivity contribution in [3.63, 3.8) is 0 Å². The number of aromatic hydroxyl groups is 1. The van der Waals surface area contributed by atoms with E-state index in [4.69, 9.17) is 9.72 Å². The Hall–Kier alpha value is -2.47. The normalized spacial score (nSPS) is 15.8. The first-order valence-electron chi connectivity index (χ1n) is 8.34. The molecule has 0 unspecified atom stereocenters. The van der Waals surface area contributed by atoms with Crippen LogP contribution in [0.4, 0.5) is 0 Å². The molecule has 6 heteroatoms. The van der Waals surface area contributed by atoms with Gasteiger partial charge in [0.1, 0.15) is 5.75 Å². The zero-order valence-corrected chi connectivity index (χ0v) is 13.4. The Morgan fingerprint density at radius 3 is 2.71 bits per heavy atom. The number of rotatable bonds is 4. The van der Waals surface area contributed by atoms with Crippen LogP contribution in [0.1, 0.15) is 19.3 Å². The minimum atomic E-state index is 0.245. The molecule has 0 radical (unpaired) electrons. The van der Waals surface area contributed by atoms with Crippen LogP contribution >= 0.6 is 0 Å². The summed E-state index contributed by atoms with van der Waals surface area (Å²) in [7, 11) is 0. The van der Waals surface area contributed by atoms with Crippen molar-refractivity contribution in [3.8, 4) is 17.0 Å². The zero-order chi connectivity index (χ0) is 16.4. The van der Waals surface area contributed by atoms with Gasteiger partial charge in [-0.25, -0.2) is 15.0 Å². The van der Waals surface area contributed by atoms with Crippen molar-refractivity contribution < 1.29 is 9.84 Å². The minimum absolute atomic E-state index is 0.245. The molecule has 24 heavy (non-hydrogen) atoms. The van der Waals surface area contributed by atoms with E-state index in [0.717, 1.165) is 55.9 Å². The van der Waals surface area contributed by atoms with Gasteiger partial charge in [0.15, 0.2) is 11.3 Å². The molecule has 6 nitrogen and oxygen atoms in total. The van der Waals surface area contributed by atoms with Crippen molar-refractivity contribution >= 4 is 11.3 Å². The molecule has 2 aromatic heterocycles. The molecule has 0 bridgehead atoms. The minimum Gasteiger partial charge on any atom is -0.508 e. The Balaban J connectivity index is 1.57. The second-order valence-corrected chi connectivity index (χ2v) is 6.23. The maximum Gasteiger partial charge on any atom is 0.197 e. The van der Waals surface area contributed by atoms with Crippen molar-refractivity contribution in [2.75, 3.05) is 13.2 Å². The standard InChI is InChI=1S/C18H20N4O2/c23-15-3-1-14(2-4-15)16-11-19-17-18(21-16)22(12-20-17)8-5-13-6-9-24-10-7-13/h1-4,11-13,23H,5-10H2. The van der Waals surface area contributed by atoms with E-state index in [1.54, 1.807) is 18.3 Å². The number of aryl methyl sites for hydroxylation is 1. The summed E-state index contributed by atoms with van der Waals surface area (Å²) in [6, 6.07) is 7.00. The third-order valence-corrected chi connectivity index (χ3v) is 4.61. The summed E-state index contributed by atoms with van der Waals surface area (Å²) >= 11 is 0. The highest BCUT2D eigenvalue weighted by Crippen LogP contribution is 2.23. The fourth-order valence-corrected chi connectivity index (χ4v) is 3.13. The zero-order valence-electron chi connectivity index (χ0n) is 13.4. The Bertz CT molecular complexity index is 823. The van der Waals surface area contributed by atoms with Gasteiger partial charge in [-0.3, -0.25) is 0 Å². The summed E-state index contributed by atoms with van der Waals surface area (Å²) < 4.78 is 7.51. The fourth-order valence-electron chi connectivity index (χ4n) is 3.13. The largest absolute Gasteiger partial charge is 0.508 e. The van der Waals surface area contributed by atoms with Gasteiger partial charge in [-0.2, -0.15) is 0 Å². The Labute approximate surface area is 140 Å². The summed E-state index contributed by atoms with van der Waals surface area (Å²) in [5.74, 6) is 0.957. The highest BCUT2D eigenvalue weighted by Gasteiger charge is 2.15. The highest BCUT2D eigenvalue weighted by molar-refractivity contribution is 5.70. The topological polar surface area (TPSA) is 73.1 Å². The highest BCUT2D eigenvalue weighted by atomic mass is 16.5. The molecule has 124 valence electrons. The van der Waals surface area contributed by atoms with Crippen LogP contribution in [0.25, 0.3) is 22.6 Å². The van der Waals surface area contributed by atoms with Gasteiger partial charge in [-0.15, -0.1) is 0 Å². The Morgan fingerprint density at radius 1 is 1.12 bits per heavy atom. The lowest BCUT2D eigenvalue weighted by Gasteiger charge is -2.21. The van der Waals surface area contributed by atoms with E-state index in [1.165, 1.54) is 0 Å². The monoisotopic (exact) mass is 324 g/mol. The van der Waals surface area contributed by atoms with Gasteiger partial charge in [0.25, 0.3) is 0 Å². The Kier molecular flexibility index (Phi) is 4.13. The van der Waals surface area contributed by atoms with Crippen LogP contribution in [0.3, 0.4) is 0 Å². The number of phenols is 1. The van der Waals surface area contributed by atoms with Gasteiger partial charge < -0.3 is 14.4 Å². The maximum absolute atomic E-state index is 9.42. The fraction of sp³-hybridized carbons (Fsp3) is 0.389. The lowest BCUT2D eigenvalue weighted by molar-refractivity contribution is 0.0627. The summed E-state index contributed by atoms with van der Waals surface area (Å²) in [6.07, 6.45) is 6.93. The molecule has 0 saturated carbocycles. The molecule has 1 saturated heterocycles. The van der Waals surface area contributed by atoms with Crippen LogP contribution in [-0.4, -0.2) is 37.8 Å². The third kappa shape index (κ3) is 3.10. The van der Waals surface area contributed by atoms with E-state index < -0.39 is 0 Å². The number of fused-ring (bicyclic) bond motifs is 1. The van der Waals surface area contributed by atoms with Crippen molar-refractivity contribution in [2.45, 2.75) is 25.8 Å². The second kappa shape index (κ2) is 6.57. The molecule has 1 N–H and O–H groups in total. The number of hydrogen-bond donors (Lipinski definition) is 1. The summed E-state index contributed by atoms with van der Waals surface area (Å²) in [5, 5.41) is 9.42. The van der Waals surface area contributed by atoms with Crippen LogP contribution in [-0.2, 0) is 11.3 Å². The van der Waals surface area contributed by atoms with Crippen molar-refractivity contribution in [1.82, 2.24) is 19.5 Å². The first-order chi connectivity index (χ1) is 11.8. The van der Waals surface area contributed by atoms with E-state index >= 15 is 0 Å². The number of phenolic OH excluding ortho intramolecular Hbond substituents is 1. The molecule has 3 heterocycles. The molecular weight excluding hydrogens is 304 g/mol. The van der Waals surface area contributed by atoms with Gasteiger partial charge in [-0.1, -0.05) is 0 Å². The van der Waals surface area contributed by atoms with E-state index in [0.29, 0.717) is 11.6 Å². The van der Waals surface area contributed by atoms with E-state index in [9.17, 15) is 5.11 Å². The van der Waals surface area contributed by atoms with Crippen LogP contribution in [0.15, 0.2) is 36.8 Å². The summed E-state index contributed by atoms with van der Waals surface area (Å²) in [4.78, 5) is 13.5. The summed E-state index contributed by atoms with van der Waals surface area (Å²) in [5.41, 5.74) is 3.20. The smallest absolute Gasteiger partial charge is 0.197 e. The molecule has 1 aromatic carbocycles. The third-order valence-electron chi connectivity index (χ3n) is 4.61. The molecule has 1 aliphatic rings. The van der Waals surface area contributed by atoms with Gasteiger partial charge >= 0.3 is 0 Å². The molecular formula is C18H20N4O2. The predicted molar refractivity (Wildman–Crippen MR) is 90.6 cm³/mol. The number of imidazole rings is 1. The van der Waals surface area contributed by atoms with Gasteiger partial charge in [0.05, 0.1) is 18.2 Å². The average Bonchev–Trinajstić information content (AvgIpc) is 3.04. The van der Waals surface area contributed by atoms with Crippen LogP contribution < -0.4 is 0 Å². The molecule has 4 rings (SSSR count). The number of ether oxygens (including phenoxy) is 1. The number of aromatic nitrogens is 4. The first kappa shape index (κ1) is 15.1. The van der Waals surface area contributed by atoms with Crippen molar-refractivity contribution in [2.24, 2.45) is 5.92 Å². The summed E-state index contributed by atoms with van der Waals surface area (Å²) in [6.45, 7) is 2.65. The van der Waals surface area contributed by atoms with Crippen LogP contribution in [0.2, 0.25) is 0 Å². The van der Waals surface area contributed by atoms with Crippen LogP contribution in [0, 0.1) is 5.92 Å². The second-order valence-electron chi connectivity index (χ2n) is 6.23. The first-order valence-corrected chi connectivity index (χ1v) is 8.34. The van der Waals surface area contributed by atoms with Gasteiger partial charge in [-0.05, 0) is 49.4 Å². The predicted octanol–water partition coefficient (Wildman–Crippen LogP) is 3.02. The average molecular weight is 324 g/mol. The van der Waals surface area contributed by atoms with Crippen LogP contribution in [0.5, 0.6) is 5.75 Å². The van der Waals surface area contributed by atoms with E-state index in [-0.39, 0.29) is 5.75 Å². The number of benzene rings is 1. The lowest BCUT2D eigenvalue weighted by Crippen LogP contribution is -2.17. The van der Waals surface area contributed by atoms with E-state index in [1.807, 2.05) is 18.5 Å². The van der Waals surface area contributed by atoms with Crippen molar-refractivity contribution in [1.29, 1.82) is 0 Å². The maximum atomic E-state index is 9.42. The molecule has 3 aromatic rings. The van der Waals surface area contributed by atoms with E-state index in [2.05, 4.69) is 14.5 Å². The van der Waals surface area contributed by atoms with Gasteiger partial charge in [0, 0.05) is 25.3 Å². The molecule has 1 aliphatic heterocycles. The van der Waals surface area contributed by atoms with Gasteiger partial charge in [0.2, 0.25) is 0 Å². The quantitative estimate of drug-likeness (QED) is 0.798. The molecule has 0 atom stereocenters. The lowest BCUT2D eigenvalue weighted by atomic mass is 9.97. The molecule has 0 aliphatic carbocycles. The SMILES string of the molecule is Oc1ccc(-c2cnc3ncn(CCC4CCOCC4)c3n2)cc1. The molecule has 0 amide bonds. The molecule has 1 fully saturated rings. The number of hydrogen-bond acceptors (Lipinski definition) is 5. The number of nitrogens with zero attached hydrogens (tertiary/aromatic N) is 4. The van der Waals surface area contributed by atoms with Crippen molar-refractivity contribution in [3.05, 3.63) is 36.8 Å².